The van der Waals surface area contributed by atoms with Crippen LogP contribution in [-0.2, 0) is 0 Å². The predicted octanol–water partition coefficient (Wildman–Crippen LogP) is 2.21. The molecule has 0 radical (unpaired) electrons. The fraction of sp³-hybridized carbons (Fsp3) is 0.385. The molecular formula is C13H16BrN3O3. The molecule has 2 amide bonds. The number of allylic oxidation sites excluding steroid dienone is 1. The number of carboxylic acid groups (broad SMARTS) is 1. The Kier molecular flexibility index (Phi) is 4.49. The highest BCUT2D eigenvalue weighted by Gasteiger charge is 2.26. The molecule has 2 atom stereocenters. The van der Waals surface area contributed by atoms with E-state index in [4.69, 9.17) is 5.11 Å². The summed E-state index contributed by atoms with van der Waals surface area (Å²) in [5.74, 6) is 0.102. The van der Waals surface area contributed by atoms with E-state index in [1.165, 1.54) is 0 Å². The number of aromatic amines is 1. The smallest absolute Gasteiger partial charge is 0.405 e. The molecule has 0 spiro atoms. The zero-order chi connectivity index (χ0) is 14.7. The van der Waals surface area contributed by atoms with Gasteiger partial charge in [0.05, 0.1) is 10.2 Å². The topological polar surface area (TPSA) is 94.2 Å². The molecule has 0 aromatic carbocycles. The minimum absolute atomic E-state index is 0.0666. The number of halogens is 1. The van der Waals surface area contributed by atoms with Crippen molar-refractivity contribution in [2.75, 3.05) is 6.54 Å². The molecule has 0 aliphatic carbocycles. The summed E-state index contributed by atoms with van der Waals surface area (Å²) < 4.78 is 0.787. The fourth-order valence-electron chi connectivity index (χ4n) is 2.25. The highest BCUT2D eigenvalue weighted by atomic mass is 79.9. The monoisotopic (exact) mass is 341 g/mol. The van der Waals surface area contributed by atoms with Gasteiger partial charge in [0.2, 0.25) is 0 Å². The van der Waals surface area contributed by atoms with Crippen LogP contribution in [0.4, 0.5) is 4.79 Å². The molecule has 7 heteroatoms. The molecule has 2 unspecified atom stereocenters. The summed E-state index contributed by atoms with van der Waals surface area (Å²) in [4.78, 5) is 25.3. The Labute approximate surface area is 124 Å². The second-order valence-electron chi connectivity index (χ2n) is 4.75. The van der Waals surface area contributed by atoms with Gasteiger partial charge in [-0.05, 0) is 35.3 Å². The Morgan fingerprint density at radius 3 is 3.15 bits per heavy atom. The van der Waals surface area contributed by atoms with Crippen molar-refractivity contribution in [3.8, 4) is 0 Å². The van der Waals surface area contributed by atoms with Crippen LogP contribution >= 0.6 is 15.9 Å². The number of hydrogen-bond acceptors (Lipinski definition) is 2. The van der Waals surface area contributed by atoms with Gasteiger partial charge >= 0.3 is 6.09 Å². The lowest BCUT2D eigenvalue weighted by Crippen LogP contribution is -2.34. The lowest BCUT2D eigenvalue weighted by atomic mass is 9.94. The maximum Gasteiger partial charge on any atom is 0.405 e. The number of rotatable bonds is 4. The van der Waals surface area contributed by atoms with E-state index in [1.807, 2.05) is 12.2 Å². The number of H-pyrrole nitrogens is 1. The molecule has 1 aliphatic heterocycles. The van der Waals surface area contributed by atoms with Gasteiger partial charge in [0.15, 0.2) is 0 Å². The van der Waals surface area contributed by atoms with Crippen LogP contribution in [-0.4, -0.2) is 34.7 Å². The van der Waals surface area contributed by atoms with Crippen LogP contribution in [0, 0.1) is 0 Å². The van der Waals surface area contributed by atoms with Crippen LogP contribution in [0.1, 0.15) is 35.3 Å². The van der Waals surface area contributed by atoms with Gasteiger partial charge in [-0.2, -0.15) is 0 Å². The van der Waals surface area contributed by atoms with Gasteiger partial charge in [0.1, 0.15) is 0 Å². The molecule has 108 valence electrons. The fourth-order valence-corrected chi connectivity index (χ4v) is 2.69. The van der Waals surface area contributed by atoms with Crippen molar-refractivity contribution in [3.63, 3.8) is 0 Å². The highest BCUT2D eigenvalue weighted by Crippen LogP contribution is 2.28. The molecule has 4 N–H and O–H groups in total. The molecular weight excluding hydrogens is 326 g/mol. The van der Waals surface area contributed by atoms with Gasteiger partial charge in [-0.15, -0.1) is 0 Å². The summed E-state index contributed by atoms with van der Waals surface area (Å²) >= 11 is 3.34. The summed E-state index contributed by atoms with van der Waals surface area (Å²) in [6.45, 7) is 2.34. The van der Waals surface area contributed by atoms with E-state index in [2.05, 4.69) is 31.5 Å². The molecule has 0 fully saturated rings. The van der Waals surface area contributed by atoms with Gasteiger partial charge in [0.25, 0.3) is 5.91 Å². The maximum absolute atomic E-state index is 11.7. The molecule has 2 rings (SSSR count). The van der Waals surface area contributed by atoms with Crippen molar-refractivity contribution in [3.05, 3.63) is 34.1 Å². The average molecular weight is 342 g/mol. The first kappa shape index (κ1) is 14.6. The van der Waals surface area contributed by atoms with E-state index in [1.54, 1.807) is 13.0 Å². The Balaban J connectivity index is 2.01. The highest BCUT2D eigenvalue weighted by molar-refractivity contribution is 9.10. The summed E-state index contributed by atoms with van der Waals surface area (Å²) in [6.07, 6.45) is 3.43. The molecule has 0 bridgehead atoms. The number of aromatic nitrogens is 1. The summed E-state index contributed by atoms with van der Waals surface area (Å²) in [5, 5.41) is 13.8. The quantitative estimate of drug-likeness (QED) is 0.632. The Morgan fingerprint density at radius 2 is 2.45 bits per heavy atom. The number of hydrogen-bond donors (Lipinski definition) is 4. The molecule has 20 heavy (non-hydrogen) atoms. The van der Waals surface area contributed by atoms with Crippen LogP contribution in [0.15, 0.2) is 22.8 Å². The van der Waals surface area contributed by atoms with E-state index in [9.17, 15) is 9.59 Å². The van der Waals surface area contributed by atoms with Crippen molar-refractivity contribution in [1.82, 2.24) is 15.6 Å². The van der Waals surface area contributed by atoms with Gasteiger partial charge in [-0.1, -0.05) is 12.2 Å². The number of carbonyl (C=O) groups is 2. The third-order valence-corrected chi connectivity index (χ3v) is 3.60. The zero-order valence-corrected chi connectivity index (χ0v) is 12.5. The van der Waals surface area contributed by atoms with Gasteiger partial charge in [-0.25, -0.2) is 4.79 Å². The zero-order valence-electron chi connectivity index (χ0n) is 10.9. The predicted molar refractivity (Wildman–Crippen MR) is 77.9 cm³/mol. The standard InChI is InChI=1S/C13H16BrN3O3/c1-7(16-13(19)20)3-2-4-8-6-15-12(18)9-5-10(14)17-11(8)9/h2-3,5,7-8,16-17H,4,6H2,1H3,(H,15,18)(H,19,20). The Hall–Kier alpha value is -1.76. The SMILES string of the molecule is CC(C=CCC1CNC(=O)c2cc(Br)[nH]c21)NC(=O)O. The Bertz CT molecular complexity index is 553. The molecule has 0 saturated heterocycles. The number of fused-ring (bicyclic) bond motifs is 1. The van der Waals surface area contributed by atoms with E-state index in [0.717, 1.165) is 16.7 Å². The van der Waals surface area contributed by atoms with E-state index in [0.29, 0.717) is 12.1 Å². The summed E-state index contributed by atoms with van der Waals surface area (Å²) in [7, 11) is 0. The number of nitrogens with one attached hydrogen (secondary N) is 3. The Morgan fingerprint density at radius 1 is 1.70 bits per heavy atom. The second kappa shape index (κ2) is 6.13. The first-order chi connectivity index (χ1) is 9.47. The van der Waals surface area contributed by atoms with Gasteiger partial charge in [-0.3, -0.25) is 4.79 Å². The van der Waals surface area contributed by atoms with Crippen LogP contribution < -0.4 is 10.6 Å². The van der Waals surface area contributed by atoms with E-state index < -0.39 is 6.09 Å². The van der Waals surface area contributed by atoms with Gasteiger partial charge < -0.3 is 20.7 Å². The normalized spacial score (nSPS) is 19.5. The van der Waals surface area contributed by atoms with Crippen LogP contribution in [0.25, 0.3) is 0 Å². The first-order valence-electron chi connectivity index (χ1n) is 6.30. The minimum atomic E-state index is -1.04. The molecule has 1 aromatic heterocycles. The van der Waals surface area contributed by atoms with E-state index in [-0.39, 0.29) is 17.9 Å². The third-order valence-electron chi connectivity index (χ3n) is 3.17. The third kappa shape index (κ3) is 3.41. The lowest BCUT2D eigenvalue weighted by molar-refractivity contribution is 0.0940. The number of carbonyl (C=O) groups excluding carboxylic acids is 1. The largest absolute Gasteiger partial charge is 0.465 e. The van der Waals surface area contributed by atoms with Crippen LogP contribution in [0.2, 0.25) is 0 Å². The number of amides is 2. The molecule has 1 aliphatic rings. The van der Waals surface area contributed by atoms with Crippen molar-refractivity contribution in [1.29, 1.82) is 0 Å². The van der Waals surface area contributed by atoms with Gasteiger partial charge in [0, 0.05) is 24.2 Å². The summed E-state index contributed by atoms with van der Waals surface area (Å²) in [5.41, 5.74) is 1.59. The van der Waals surface area contributed by atoms with Crippen molar-refractivity contribution in [2.45, 2.75) is 25.3 Å². The lowest BCUT2D eigenvalue weighted by Gasteiger charge is -2.21. The van der Waals surface area contributed by atoms with Crippen molar-refractivity contribution >= 4 is 27.9 Å². The average Bonchev–Trinajstić information content (AvgIpc) is 2.74. The molecule has 2 heterocycles. The molecule has 1 aromatic rings. The summed E-state index contributed by atoms with van der Waals surface area (Å²) in [6, 6.07) is 1.54. The van der Waals surface area contributed by atoms with Crippen molar-refractivity contribution < 1.29 is 14.7 Å². The molecule has 0 saturated carbocycles. The molecule has 6 nitrogen and oxygen atoms in total. The maximum atomic E-state index is 11.7. The second-order valence-corrected chi connectivity index (χ2v) is 5.61. The minimum Gasteiger partial charge on any atom is -0.465 e. The van der Waals surface area contributed by atoms with Crippen LogP contribution in [0.3, 0.4) is 0 Å². The first-order valence-corrected chi connectivity index (χ1v) is 7.09. The van der Waals surface area contributed by atoms with Crippen LogP contribution in [0.5, 0.6) is 0 Å². The van der Waals surface area contributed by atoms with E-state index >= 15 is 0 Å². The van der Waals surface area contributed by atoms with Crippen molar-refractivity contribution in [2.24, 2.45) is 0 Å².